The van der Waals surface area contributed by atoms with Crippen LogP contribution in [-0.2, 0) is 20.9 Å². The maximum absolute atomic E-state index is 11.9. The normalized spacial score (nSPS) is 25.3. The molecule has 1 saturated carbocycles. The molecule has 0 unspecified atom stereocenters. The van der Waals surface area contributed by atoms with Crippen LogP contribution in [-0.4, -0.2) is 66.5 Å². The Morgan fingerprint density at radius 3 is 2.45 bits per heavy atom. The number of rotatable bonds is 6. The lowest BCUT2D eigenvalue weighted by molar-refractivity contribution is -0.192. The number of benzene rings is 1. The van der Waals surface area contributed by atoms with Gasteiger partial charge >= 0.3 is 12.1 Å². The number of nitrogens with zero attached hydrogens (tertiary/aromatic N) is 1. The Hall–Kier alpha value is -2.33. The second kappa shape index (κ2) is 10.7. The number of methoxy groups -OCH3 is 1. The van der Waals surface area contributed by atoms with Gasteiger partial charge < -0.3 is 19.9 Å². The summed E-state index contributed by atoms with van der Waals surface area (Å²) in [6.07, 6.45) is 1.69. The first-order valence-corrected chi connectivity index (χ1v) is 11.2. The Labute approximate surface area is 191 Å². The summed E-state index contributed by atoms with van der Waals surface area (Å²) < 4.78 is 43.5. The van der Waals surface area contributed by atoms with E-state index in [0.29, 0.717) is 6.54 Å². The smallest absolute Gasteiger partial charge is 0.490 e. The molecule has 2 heterocycles. The van der Waals surface area contributed by atoms with E-state index in [1.54, 1.807) is 7.11 Å². The van der Waals surface area contributed by atoms with Crippen LogP contribution in [0.15, 0.2) is 24.3 Å². The van der Waals surface area contributed by atoms with Crippen molar-refractivity contribution in [2.45, 2.75) is 63.0 Å². The van der Waals surface area contributed by atoms with E-state index >= 15 is 0 Å². The third kappa shape index (κ3) is 7.60. The van der Waals surface area contributed by atoms with E-state index in [1.165, 1.54) is 12.0 Å². The Morgan fingerprint density at radius 1 is 1.21 bits per heavy atom. The standard InChI is InChI=1S/C21H30N2O3.C2HF3O2/c1-25-18-8-4-16(5-9-18)14-23-12-11-21(15-23)10-2-3-19(26-21)13-22-20(24)17-6-7-17;3-2(4,5)1(6)7/h4-5,8-9,17,19H,2-3,6-7,10-15H2,1H3,(H,22,24);(H,6,7)/t19-,21+;/m0./s1. The number of carbonyl (C=O) groups is 2. The van der Waals surface area contributed by atoms with Gasteiger partial charge in [-0.25, -0.2) is 4.79 Å². The number of halogens is 3. The average Bonchev–Trinajstić information content (AvgIpc) is 3.56. The lowest BCUT2D eigenvalue weighted by atomic mass is 9.90. The van der Waals surface area contributed by atoms with E-state index in [9.17, 15) is 18.0 Å². The number of carboxylic acid groups (broad SMARTS) is 1. The van der Waals surface area contributed by atoms with Crippen LogP contribution in [0.2, 0.25) is 0 Å². The predicted molar refractivity (Wildman–Crippen MR) is 114 cm³/mol. The van der Waals surface area contributed by atoms with Crippen LogP contribution in [0.1, 0.15) is 44.1 Å². The molecule has 1 spiro atoms. The lowest BCUT2D eigenvalue weighted by Crippen LogP contribution is -2.47. The second-order valence-electron chi connectivity index (χ2n) is 8.95. The van der Waals surface area contributed by atoms with Crippen molar-refractivity contribution >= 4 is 11.9 Å². The van der Waals surface area contributed by atoms with Gasteiger partial charge in [-0.15, -0.1) is 0 Å². The molecule has 2 N–H and O–H groups in total. The minimum absolute atomic E-state index is 0.0142. The van der Waals surface area contributed by atoms with E-state index in [2.05, 4.69) is 22.3 Å². The van der Waals surface area contributed by atoms with Gasteiger partial charge in [0.2, 0.25) is 5.91 Å². The molecule has 1 aliphatic carbocycles. The van der Waals surface area contributed by atoms with Crippen LogP contribution < -0.4 is 10.1 Å². The van der Waals surface area contributed by atoms with Crippen LogP contribution in [0, 0.1) is 5.92 Å². The molecule has 2 atom stereocenters. The molecule has 7 nitrogen and oxygen atoms in total. The third-order valence-corrected chi connectivity index (χ3v) is 6.23. The quantitative estimate of drug-likeness (QED) is 0.660. The number of ether oxygens (including phenoxy) is 2. The van der Waals surface area contributed by atoms with Gasteiger partial charge in [0.1, 0.15) is 5.75 Å². The first-order valence-electron chi connectivity index (χ1n) is 11.2. The van der Waals surface area contributed by atoms with Crippen molar-refractivity contribution in [1.29, 1.82) is 0 Å². The monoisotopic (exact) mass is 472 g/mol. The maximum atomic E-state index is 11.9. The van der Waals surface area contributed by atoms with Crippen molar-refractivity contribution in [2.24, 2.45) is 5.92 Å². The number of carboxylic acids is 1. The van der Waals surface area contributed by atoms with Gasteiger partial charge in [0.05, 0.1) is 18.8 Å². The third-order valence-electron chi connectivity index (χ3n) is 6.23. The summed E-state index contributed by atoms with van der Waals surface area (Å²) in [4.78, 5) is 23.3. The molecule has 3 fully saturated rings. The van der Waals surface area contributed by atoms with Crippen LogP contribution in [0.5, 0.6) is 5.75 Å². The van der Waals surface area contributed by atoms with Crippen LogP contribution in [0.3, 0.4) is 0 Å². The van der Waals surface area contributed by atoms with Gasteiger partial charge in [-0.05, 0) is 56.2 Å². The number of hydrogen-bond acceptors (Lipinski definition) is 5. The van der Waals surface area contributed by atoms with E-state index in [0.717, 1.165) is 57.5 Å². The van der Waals surface area contributed by atoms with Gasteiger partial charge in [0.15, 0.2) is 0 Å². The minimum Gasteiger partial charge on any atom is -0.497 e. The highest BCUT2D eigenvalue weighted by Crippen LogP contribution is 2.37. The number of nitrogens with one attached hydrogen (secondary N) is 1. The molecular weight excluding hydrogens is 441 g/mol. The summed E-state index contributed by atoms with van der Waals surface area (Å²) in [7, 11) is 1.70. The molecule has 0 radical (unpaired) electrons. The fourth-order valence-electron chi connectivity index (χ4n) is 4.32. The largest absolute Gasteiger partial charge is 0.497 e. The summed E-state index contributed by atoms with van der Waals surface area (Å²) in [5.41, 5.74) is 1.30. The molecule has 33 heavy (non-hydrogen) atoms. The highest BCUT2D eigenvalue weighted by molar-refractivity contribution is 5.80. The zero-order chi connectivity index (χ0) is 24.1. The summed E-state index contributed by atoms with van der Waals surface area (Å²) in [6.45, 7) is 3.70. The zero-order valence-corrected chi connectivity index (χ0v) is 18.7. The van der Waals surface area contributed by atoms with Crippen molar-refractivity contribution in [3.63, 3.8) is 0 Å². The van der Waals surface area contributed by atoms with Gasteiger partial charge in [0, 0.05) is 32.1 Å². The highest BCUT2D eigenvalue weighted by Gasteiger charge is 2.43. The molecule has 2 saturated heterocycles. The van der Waals surface area contributed by atoms with Gasteiger partial charge in [0.25, 0.3) is 0 Å². The molecule has 3 aliphatic rings. The number of carbonyl (C=O) groups excluding carboxylic acids is 1. The molecule has 0 aromatic heterocycles. The Morgan fingerprint density at radius 2 is 1.88 bits per heavy atom. The highest BCUT2D eigenvalue weighted by atomic mass is 19.4. The van der Waals surface area contributed by atoms with Crippen LogP contribution in [0.4, 0.5) is 13.2 Å². The molecule has 10 heteroatoms. The van der Waals surface area contributed by atoms with Gasteiger partial charge in [-0.2, -0.15) is 13.2 Å². The van der Waals surface area contributed by atoms with Gasteiger partial charge in [-0.1, -0.05) is 12.1 Å². The van der Waals surface area contributed by atoms with E-state index in [-0.39, 0.29) is 23.5 Å². The summed E-state index contributed by atoms with van der Waals surface area (Å²) >= 11 is 0. The SMILES string of the molecule is COc1ccc(CN2CC[C@]3(CCC[C@@H](CNC(=O)C4CC4)O3)C2)cc1.O=C(O)C(F)(F)F. The van der Waals surface area contributed by atoms with E-state index < -0.39 is 12.1 Å². The van der Waals surface area contributed by atoms with E-state index in [1.807, 2.05) is 12.1 Å². The molecule has 2 aliphatic heterocycles. The molecule has 4 rings (SSSR count). The topological polar surface area (TPSA) is 88.1 Å². The van der Waals surface area contributed by atoms with Crippen molar-refractivity contribution < 1.29 is 37.3 Å². The second-order valence-corrected chi connectivity index (χ2v) is 8.95. The molecule has 1 amide bonds. The van der Waals surface area contributed by atoms with Crippen molar-refractivity contribution in [1.82, 2.24) is 10.2 Å². The van der Waals surface area contributed by atoms with Crippen LogP contribution in [0.25, 0.3) is 0 Å². The Bertz CT molecular complexity index is 813. The molecular formula is C23H31F3N2O5. The van der Waals surface area contributed by atoms with Gasteiger partial charge in [-0.3, -0.25) is 9.69 Å². The number of aliphatic carboxylic acids is 1. The van der Waals surface area contributed by atoms with Crippen molar-refractivity contribution in [2.75, 3.05) is 26.7 Å². The Balaban J connectivity index is 0.000000383. The summed E-state index contributed by atoms with van der Waals surface area (Å²) in [5.74, 6) is -1.36. The first-order chi connectivity index (χ1) is 15.6. The fourth-order valence-corrected chi connectivity index (χ4v) is 4.32. The van der Waals surface area contributed by atoms with E-state index in [4.69, 9.17) is 19.4 Å². The predicted octanol–water partition coefficient (Wildman–Crippen LogP) is 3.37. The fraction of sp³-hybridized carbons (Fsp3) is 0.652. The average molecular weight is 473 g/mol. The summed E-state index contributed by atoms with van der Waals surface area (Å²) in [5, 5.41) is 10.2. The Kier molecular flexibility index (Phi) is 8.23. The zero-order valence-electron chi connectivity index (χ0n) is 18.7. The van der Waals surface area contributed by atoms with Crippen LogP contribution >= 0.6 is 0 Å². The number of likely N-dealkylation sites (tertiary alicyclic amines) is 1. The number of alkyl halides is 3. The number of amides is 1. The number of hydrogen-bond donors (Lipinski definition) is 2. The summed E-state index contributed by atoms with van der Waals surface area (Å²) in [6, 6.07) is 8.33. The molecule has 1 aromatic carbocycles. The first kappa shape index (κ1) is 25.3. The lowest BCUT2D eigenvalue weighted by Gasteiger charge is -2.39. The van der Waals surface area contributed by atoms with Crippen molar-refractivity contribution in [3.8, 4) is 5.75 Å². The van der Waals surface area contributed by atoms with Crippen molar-refractivity contribution in [3.05, 3.63) is 29.8 Å². The minimum atomic E-state index is -5.08. The molecule has 0 bridgehead atoms. The molecule has 184 valence electrons. The molecule has 1 aromatic rings. The maximum Gasteiger partial charge on any atom is 0.490 e.